The van der Waals surface area contributed by atoms with E-state index in [-0.39, 0.29) is 5.56 Å². The lowest BCUT2D eigenvalue weighted by atomic mass is 9.96. The summed E-state index contributed by atoms with van der Waals surface area (Å²) in [6, 6.07) is 10.0. The van der Waals surface area contributed by atoms with Gasteiger partial charge in [0.1, 0.15) is 0 Å². The lowest BCUT2D eigenvalue weighted by Gasteiger charge is -2.21. The van der Waals surface area contributed by atoms with Crippen LogP contribution in [0.2, 0.25) is 0 Å². The molecule has 106 valence electrons. The number of rotatable bonds is 4. The summed E-state index contributed by atoms with van der Waals surface area (Å²) in [5, 5.41) is 2.94. The molecule has 0 spiro atoms. The maximum Gasteiger partial charge on any atom is 0.416 e. The zero-order valence-electron chi connectivity index (χ0n) is 11.0. The number of hydrogen-bond donors (Lipinski definition) is 1. The van der Waals surface area contributed by atoms with Crippen LogP contribution in [0.15, 0.2) is 48.8 Å². The maximum atomic E-state index is 13.0. The van der Waals surface area contributed by atoms with Gasteiger partial charge in [-0.3, -0.25) is 4.98 Å². The van der Waals surface area contributed by atoms with E-state index in [1.54, 1.807) is 7.05 Å². The van der Waals surface area contributed by atoms with E-state index in [1.807, 2.05) is 30.3 Å². The zero-order chi connectivity index (χ0) is 14.6. The molecule has 0 bridgehead atoms. The number of benzene rings is 1. The Morgan fingerprint density at radius 1 is 1.15 bits per heavy atom. The van der Waals surface area contributed by atoms with Gasteiger partial charge < -0.3 is 5.32 Å². The summed E-state index contributed by atoms with van der Waals surface area (Å²) in [4.78, 5) is 3.83. The summed E-state index contributed by atoms with van der Waals surface area (Å²) in [7, 11) is 1.65. The third-order valence-electron chi connectivity index (χ3n) is 3.16. The Bertz CT molecular complexity index is 553. The van der Waals surface area contributed by atoms with Gasteiger partial charge >= 0.3 is 6.18 Å². The molecule has 2 aromatic rings. The second kappa shape index (κ2) is 6.05. The summed E-state index contributed by atoms with van der Waals surface area (Å²) in [6.45, 7) is 0. The van der Waals surface area contributed by atoms with Crippen molar-refractivity contribution in [3.63, 3.8) is 0 Å². The molecule has 1 N–H and O–H groups in total. The molecule has 0 saturated carbocycles. The van der Waals surface area contributed by atoms with Crippen LogP contribution in [0.4, 0.5) is 13.2 Å². The van der Waals surface area contributed by atoms with E-state index in [9.17, 15) is 13.2 Å². The summed E-state index contributed by atoms with van der Waals surface area (Å²) >= 11 is 0. The van der Waals surface area contributed by atoms with Gasteiger partial charge in [-0.15, -0.1) is 0 Å². The summed E-state index contributed by atoms with van der Waals surface area (Å²) in [5.74, 6) is 0. The van der Waals surface area contributed by atoms with Crippen molar-refractivity contribution in [1.82, 2.24) is 10.3 Å². The van der Waals surface area contributed by atoms with E-state index < -0.39 is 17.8 Å². The van der Waals surface area contributed by atoms with Gasteiger partial charge in [0.05, 0.1) is 5.56 Å². The van der Waals surface area contributed by atoms with Gasteiger partial charge in [0.25, 0.3) is 0 Å². The molecular formula is C15H15F3N2. The minimum atomic E-state index is -4.37. The van der Waals surface area contributed by atoms with Crippen LogP contribution in [0.25, 0.3) is 0 Å². The van der Waals surface area contributed by atoms with E-state index in [2.05, 4.69) is 10.3 Å². The predicted octanol–water partition coefficient (Wildman–Crippen LogP) is 3.60. The quantitative estimate of drug-likeness (QED) is 0.925. The van der Waals surface area contributed by atoms with Crippen LogP contribution in [0.5, 0.6) is 0 Å². The topological polar surface area (TPSA) is 24.9 Å². The van der Waals surface area contributed by atoms with Gasteiger partial charge in [-0.1, -0.05) is 30.3 Å². The smallest absolute Gasteiger partial charge is 0.313 e. The molecule has 1 unspecified atom stereocenters. The number of hydrogen-bond acceptors (Lipinski definition) is 2. The predicted molar refractivity (Wildman–Crippen MR) is 71.2 cm³/mol. The highest BCUT2D eigenvalue weighted by atomic mass is 19.4. The molecule has 0 amide bonds. The summed E-state index contributed by atoms with van der Waals surface area (Å²) in [5.41, 5.74) is 0.512. The first-order chi connectivity index (χ1) is 9.52. The third-order valence-corrected chi connectivity index (χ3v) is 3.16. The monoisotopic (exact) mass is 280 g/mol. The highest BCUT2D eigenvalue weighted by Gasteiger charge is 2.35. The number of halogens is 3. The number of aromatic nitrogens is 1. The Kier molecular flexibility index (Phi) is 4.39. The van der Waals surface area contributed by atoms with Crippen molar-refractivity contribution in [3.8, 4) is 0 Å². The van der Waals surface area contributed by atoms with Crippen LogP contribution >= 0.6 is 0 Å². The first-order valence-electron chi connectivity index (χ1n) is 6.24. The molecule has 0 fully saturated rings. The molecule has 0 saturated heterocycles. The molecule has 1 aromatic heterocycles. The largest absolute Gasteiger partial charge is 0.416 e. The Balaban J connectivity index is 2.33. The van der Waals surface area contributed by atoms with Crippen LogP contribution in [-0.2, 0) is 12.6 Å². The number of likely N-dealkylation sites (N-methyl/N-ethyl adjacent to an activating group) is 1. The van der Waals surface area contributed by atoms with Crippen LogP contribution < -0.4 is 5.32 Å². The third kappa shape index (κ3) is 3.36. The molecule has 1 atom stereocenters. The second-order valence-electron chi connectivity index (χ2n) is 4.49. The number of pyridine rings is 1. The van der Waals surface area contributed by atoms with E-state index in [4.69, 9.17) is 0 Å². The lowest BCUT2D eigenvalue weighted by molar-refractivity contribution is -0.138. The number of nitrogens with one attached hydrogen (secondary N) is 1. The van der Waals surface area contributed by atoms with Gasteiger partial charge in [-0.25, -0.2) is 0 Å². The second-order valence-corrected chi connectivity index (χ2v) is 4.49. The summed E-state index contributed by atoms with van der Waals surface area (Å²) in [6.07, 6.45) is -1.44. The van der Waals surface area contributed by atoms with E-state index >= 15 is 0 Å². The van der Waals surface area contributed by atoms with Gasteiger partial charge in [0, 0.05) is 18.4 Å². The average Bonchev–Trinajstić information content (AvgIpc) is 2.45. The maximum absolute atomic E-state index is 13.0. The first-order valence-corrected chi connectivity index (χ1v) is 6.24. The molecule has 0 radical (unpaired) electrons. The van der Waals surface area contributed by atoms with Crippen LogP contribution in [0.1, 0.15) is 22.7 Å². The van der Waals surface area contributed by atoms with Gasteiger partial charge in [0.2, 0.25) is 0 Å². The van der Waals surface area contributed by atoms with Crippen molar-refractivity contribution in [1.29, 1.82) is 0 Å². The highest BCUT2D eigenvalue weighted by molar-refractivity contribution is 5.31. The van der Waals surface area contributed by atoms with Gasteiger partial charge in [-0.05, 0) is 30.7 Å². The van der Waals surface area contributed by atoms with Crippen molar-refractivity contribution in [2.75, 3.05) is 7.05 Å². The Morgan fingerprint density at radius 2 is 1.85 bits per heavy atom. The van der Waals surface area contributed by atoms with E-state index in [0.717, 1.165) is 11.6 Å². The molecule has 0 aliphatic rings. The van der Waals surface area contributed by atoms with Crippen molar-refractivity contribution < 1.29 is 13.2 Å². The molecule has 2 rings (SSSR count). The SMILES string of the molecule is CNC(Cc1ccccc1)c1cnccc1C(F)(F)F. The minimum absolute atomic E-state index is 0.173. The molecule has 1 heterocycles. The number of alkyl halides is 3. The van der Waals surface area contributed by atoms with E-state index in [1.165, 1.54) is 12.4 Å². The first kappa shape index (κ1) is 14.5. The van der Waals surface area contributed by atoms with Crippen molar-refractivity contribution >= 4 is 0 Å². The Hall–Kier alpha value is -1.88. The Labute approximate surface area is 115 Å². The molecular weight excluding hydrogens is 265 g/mol. The normalized spacial score (nSPS) is 13.2. The van der Waals surface area contributed by atoms with Gasteiger partial charge in [0.15, 0.2) is 0 Å². The molecule has 5 heteroatoms. The fraction of sp³-hybridized carbons (Fsp3) is 0.267. The molecule has 1 aromatic carbocycles. The number of nitrogens with zero attached hydrogens (tertiary/aromatic N) is 1. The highest BCUT2D eigenvalue weighted by Crippen LogP contribution is 2.34. The van der Waals surface area contributed by atoms with Gasteiger partial charge in [-0.2, -0.15) is 13.2 Å². The average molecular weight is 280 g/mol. The van der Waals surface area contributed by atoms with Crippen LogP contribution in [0.3, 0.4) is 0 Å². The minimum Gasteiger partial charge on any atom is -0.313 e. The Morgan fingerprint density at radius 3 is 2.45 bits per heavy atom. The summed E-state index contributed by atoms with van der Waals surface area (Å²) < 4.78 is 39.1. The van der Waals surface area contributed by atoms with Crippen molar-refractivity contribution in [2.45, 2.75) is 18.6 Å². The molecule has 20 heavy (non-hydrogen) atoms. The van der Waals surface area contributed by atoms with Crippen LogP contribution in [0, 0.1) is 0 Å². The standard InChI is InChI=1S/C15H15F3N2/c1-19-14(9-11-5-3-2-4-6-11)12-10-20-8-7-13(12)15(16,17)18/h2-8,10,14,19H,9H2,1H3. The lowest BCUT2D eigenvalue weighted by Crippen LogP contribution is -2.23. The van der Waals surface area contributed by atoms with Crippen LogP contribution in [-0.4, -0.2) is 12.0 Å². The molecule has 2 nitrogen and oxygen atoms in total. The van der Waals surface area contributed by atoms with E-state index in [0.29, 0.717) is 6.42 Å². The molecule has 0 aliphatic carbocycles. The van der Waals surface area contributed by atoms with Crippen molar-refractivity contribution in [3.05, 3.63) is 65.5 Å². The zero-order valence-corrected chi connectivity index (χ0v) is 11.0. The fourth-order valence-electron chi connectivity index (χ4n) is 2.16. The molecule has 0 aliphatic heterocycles. The fourth-order valence-corrected chi connectivity index (χ4v) is 2.16. The van der Waals surface area contributed by atoms with Crippen molar-refractivity contribution in [2.24, 2.45) is 0 Å².